The number of hydrogen-bond donors (Lipinski definition) is 0. The number of para-hydroxylation sites is 1. The fourth-order valence-corrected chi connectivity index (χ4v) is 4.36. The largest absolute Gasteiger partial charge is 0.381 e. The Bertz CT molecular complexity index is 741. The van der Waals surface area contributed by atoms with E-state index in [0.717, 1.165) is 63.9 Å². The van der Waals surface area contributed by atoms with Crippen molar-refractivity contribution >= 4 is 16.8 Å². The van der Waals surface area contributed by atoms with Crippen molar-refractivity contribution < 1.29 is 9.53 Å². The summed E-state index contributed by atoms with van der Waals surface area (Å²) in [6.07, 6.45) is 7.93. The summed E-state index contributed by atoms with van der Waals surface area (Å²) in [4.78, 5) is 19.3. The van der Waals surface area contributed by atoms with E-state index < -0.39 is 0 Å². The highest BCUT2D eigenvalue weighted by Crippen LogP contribution is 2.27. The van der Waals surface area contributed by atoms with Crippen LogP contribution < -0.4 is 0 Å². The van der Waals surface area contributed by atoms with Gasteiger partial charge in [-0.05, 0) is 55.6 Å². The lowest BCUT2D eigenvalue weighted by Gasteiger charge is -2.33. The molecule has 1 aromatic carbocycles. The molecule has 0 spiro atoms. The fraction of sp³-hybridized carbons (Fsp3) is 0.545. The van der Waals surface area contributed by atoms with Gasteiger partial charge >= 0.3 is 0 Å². The van der Waals surface area contributed by atoms with Crippen molar-refractivity contribution in [3.63, 3.8) is 0 Å². The van der Waals surface area contributed by atoms with Crippen LogP contribution in [0.4, 0.5) is 0 Å². The van der Waals surface area contributed by atoms with Gasteiger partial charge in [-0.1, -0.05) is 24.3 Å². The summed E-state index contributed by atoms with van der Waals surface area (Å²) in [6.45, 7) is 3.45. The Morgan fingerprint density at radius 2 is 1.81 bits per heavy atom. The summed E-state index contributed by atoms with van der Waals surface area (Å²) in [5.74, 6) is 1.52. The second kappa shape index (κ2) is 8.17. The summed E-state index contributed by atoms with van der Waals surface area (Å²) in [6, 6.07) is 10.6. The van der Waals surface area contributed by atoms with E-state index in [1.165, 1.54) is 10.9 Å². The number of aromatic nitrogens is 1. The Balaban J connectivity index is 1.31. The van der Waals surface area contributed by atoms with Gasteiger partial charge in [-0.25, -0.2) is 0 Å². The number of benzene rings is 1. The van der Waals surface area contributed by atoms with Crippen LogP contribution in [0, 0.1) is 11.8 Å². The van der Waals surface area contributed by atoms with Gasteiger partial charge in [-0.15, -0.1) is 0 Å². The molecular formula is C22H28N2O2. The van der Waals surface area contributed by atoms with E-state index >= 15 is 0 Å². The molecule has 2 saturated heterocycles. The quantitative estimate of drug-likeness (QED) is 0.840. The minimum Gasteiger partial charge on any atom is -0.381 e. The normalized spacial score (nSPS) is 19.8. The molecule has 0 bridgehead atoms. The second-order valence-electron chi connectivity index (χ2n) is 7.78. The number of carbonyl (C=O) groups excluding carboxylic acids is 1. The van der Waals surface area contributed by atoms with E-state index in [2.05, 4.69) is 34.1 Å². The van der Waals surface area contributed by atoms with E-state index in [-0.39, 0.29) is 0 Å². The third kappa shape index (κ3) is 4.07. The first-order valence-electron chi connectivity index (χ1n) is 9.98. The van der Waals surface area contributed by atoms with Crippen molar-refractivity contribution in [3.05, 3.63) is 42.1 Å². The van der Waals surface area contributed by atoms with Crippen LogP contribution >= 0.6 is 0 Å². The maximum atomic E-state index is 12.6. The number of fused-ring (bicyclic) bond motifs is 1. The third-order valence-electron chi connectivity index (χ3n) is 6.00. The van der Waals surface area contributed by atoms with Crippen LogP contribution in [0.1, 0.15) is 37.7 Å². The van der Waals surface area contributed by atoms with Gasteiger partial charge in [0.25, 0.3) is 0 Å². The molecule has 3 heterocycles. The number of rotatable bonds is 4. The SMILES string of the molecule is O=C(CC1CCOCC1)N1CCC(Cc2cccc3cccnc23)CC1. The van der Waals surface area contributed by atoms with Gasteiger partial charge in [-0.2, -0.15) is 0 Å². The molecule has 0 radical (unpaired) electrons. The highest BCUT2D eigenvalue weighted by molar-refractivity contribution is 5.81. The monoisotopic (exact) mass is 352 g/mol. The standard InChI is InChI=1S/C22H28N2O2/c25-21(16-18-8-13-26-14-9-18)24-11-6-17(7-12-24)15-20-4-1-3-19-5-2-10-23-22(19)20/h1-5,10,17-18H,6-9,11-16H2. The summed E-state index contributed by atoms with van der Waals surface area (Å²) < 4.78 is 5.40. The van der Waals surface area contributed by atoms with Crippen LogP contribution in [0.3, 0.4) is 0 Å². The minimum absolute atomic E-state index is 0.349. The van der Waals surface area contributed by atoms with Crippen molar-refractivity contribution in [2.24, 2.45) is 11.8 Å². The van der Waals surface area contributed by atoms with Crippen LogP contribution in [0.15, 0.2) is 36.5 Å². The topological polar surface area (TPSA) is 42.4 Å². The summed E-state index contributed by atoms with van der Waals surface area (Å²) >= 11 is 0. The Morgan fingerprint density at radius 3 is 2.62 bits per heavy atom. The van der Waals surface area contributed by atoms with Crippen LogP contribution in [-0.2, 0) is 16.0 Å². The second-order valence-corrected chi connectivity index (χ2v) is 7.78. The van der Waals surface area contributed by atoms with Gasteiger partial charge in [-0.3, -0.25) is 9.78 Å². The molecule has 2 fully saturated rings. The van der Waals surface area contributed by atoms with Gasteiger partial charge in [0.2, 0.25) is 5.91 Å². The molecule has 26 heavy (non-hydrogen) atoms. The number of amides is 1. The molecule has 2 aromatic rings. The van der Waals surface area contributed by atoms with Crippen molar-refractivity contribution in [2.75, 3.05) is 26.3 Å². The van der Waals surface area contributed by atoms with Crippen molar-refractivity contribution in [1.29, 1.82) is 0 Å². The van der Waals surface area contributed by atoms with Gasteiger partial charge in [0.1, 0.15) is 0 Å². The molecule has 1 amide bonds. The Kier molecular flexibility index (Phi) is 5.49. The van der Waals surface area contributed by atoms with E-state index in [4.69, 9.17) is 4.74 Å². The van der Waals surface area contributed by atoms with Crippen LogP contribution in [0.2, 0.25) is 0 Å². The number of pyridine rings is 1. The number of hydrogen-bond acceptors (Lipinski definition) is 3. The van der Waals surface area contributed by atoms with E-state index in [1.54, 1.807) is 0 Å². The predicted molar refractivity (Wildman–Crippen MR) is 103 cm³/mol. The zero-order chi connectivity index (χ0) is 17.8. The maximum Gasteiger partial charge on any atom is 0.222 e. The Morgan fingerprint density at radius 1 is 1.04 bits per heavy atom. The summed E-state index contributed by atoms with van der Waals surface area (Å²) in [5.41, 5.74) is 2.48. The fourth-order valence-electron chi connectivity index (χ4n) is 4.36. The van der Waals surface area contributed by atoms with Crippen LogP contribution in [0.5, 0.6) is 0 Å². The van der Waals surface area contributed by atoms with Gasteiger partial charge in [0.05, 0.1) is 5.52 Å². The summed E-state index contributed by atoms with van der Waals surface area (Å²) in [7, 11) is 0. The van der Waals surface area contributed by atoms with E-state index in [1.807, 2.05) is 12.3 Å². The Hall–Kier alpha value is -1.94. The molecule has 0 atom stereocenters. The molecule has 0 aliphatic carbocycles. The first-order chi connectivity index (χ1) is 12.8. The smallest absolute Gasteiger partial charge is 0.222 e. The number of likely N-dealkylation sites (tertiary alicyclic amines) is 1. The Labute approximate surface area is 155 Å². The first kappa shape index (κ1) is 17.5. The molecule has 0 saturated carbocycles. The van der Waals surface area contributed by atoms with E-state index in [0.29, 0.717) is 24.2 Å². The summed E-state index contributed by atoms with van der Waals surface area (Å²) in [5, 5.41) is 1.22. The molecule has 4 rings (SSSR count). The third-order valence-corrected chi connectivity index (χ3v) is 6.00. The lowest BCUT2D eigenvalue weighted by Crippen LogP contribution is -2.40. The van der Waals surface area contributed by atoms with Gasteiger partial charge in [0, 0.05) is 44.3 Å². The van der Waals surface area contributed by atoms with Gasteiger partial charge < -0.3 is 9.64 Å². The van der Waals surface area contributed by atoms with Crippen molar-refractivity contribution in [1.82, 2.24) is 9.88 Å². The molecule has 4 nitrogen and oxygen atoms in total. The molecule has 0 unspecified atom stereocenters. The highest BCUT2D eigenvalue weighted by atomic mass is 16.5. The molecule has 2 aliphatic heterocycles. The maximum absolute atomic E-state index is 12.6. The average Bonchev–Trinajstić information content (AvgIpc) is 2.70. The van der Waals surface area contributed by atoms with E-state index in [9.17, 15) is 4.79 Å². The van der Waals surface area contributed by atoms with Gasteiger partial charge in [0.15, 0.2) is 0 Å². The molecule has 138 valence electrons. The average molecular weight is 352 g/mol. The molecule has 1 aromatic heterocycles. The number of piperidine rings is 1. The van der Waals surface area contributed by atoms with Crippen molar-refractivity contribution in [2.45, 2.75) is 38.5 Å². The molecular weight excluding hydrogens is 324 g/mol. The zero-order valence-corrected chi connectivity index (χ0v) is 15.4. The predicted octanol–water partition coefficient (Wildman–Crippen LogP) is 3.83. The van der Waals surface area contributed by atoms with Crippen LogP contribution in [0.25, 0.3) is 10.9 Å². The zero-order valence-electron chi connectivity index (χ0n) is 15.4. The number of nitrogens with zero attached hydrogens (tertiary/aromatic N) is 2. The molecule has 4 heteroatoms. The molecule has 0 N–H and O–H groups in total. The number of ether oxygens (including phenoxy) is 1. The lowest BCUT2D eigenvalue weighted by molar-refractivity contribution is -0.134. The highest BCUT2D eigenvalue weighted by Gasteiger charge is 2.26. The first-order valence-corrected chi connectivity index (χ1v) is 9.98. The minimum atomic E-state index is 0.349. The van der Waals surface area contributed by atoms with Crippen molar-refractivity contribution in [3.8, 4) is 0 Å². The molecule has 2 aliphatic rings. The lowest BCUT2D eigenvalue weighted by atomic mass is 9.88. The number of carbonyl (C=O) groups is 1. The van der Waals surface area contributed by atoms with Crippen LogP contribution in [-0.4, -0.2) is 42.1 Å².